The highest BCUT2D eigenvalue weighted by Gasteiger charge is 2.13. The Morgan fingerprint density at radius 3 is 2.79 bits per heavy atom. The second kappa shape index (κ2) is 5.48. The van der Waals surface area contributed by atoms with Gasteiger partial charge in [-0.25, -0.2) is 0 Å². The second-order valence-electron chi connectivity index (χ2n) is 4.43. The lowest BCUT2D eigenvalue weighted by molar-refractivity contribution is -0.384. The van der Waals surface area contributed by atoms with Gasteiger partial charge in [0.2, 0.25) is 0 Å². The summed E-state index contributed by atoms with van der Waals surface area (Å²) in [5.74, 6) is 0. The van der Waals surface area contributed by atoms with Crippen LogP contribution in [-0.4, -0.2) is 9.91 Å². The van der Waals surface area contributed by atoms with Gasteiger partial charge in [-0.15, -0.1) is 0 Å². The Kier molecular flexibility index (Phi) is 3.75. The quantitative estimate of drug-likeness (QED) is 0.674. The van der Waals surface area contributed by atoms with E-state index in [2.05, 4.69) is 10.3 Å². The van der Waals surface area contributed by atoms with Crippen molar-refractivity contribution in [2.24, 2.45) is 0 Å². The molecule has 0 saturated heterocycles. The molecule has 1 aromatic carbocycles. The Morgan fingerprint density at radius 1 is 1.32 bits per heavy atom. The fourth-order valence-electron chi connectivity index (χ4n) is 1.84. The highest BCUT2D eigenvalue weighted by molar-refractivity contribution is 5.62. The molecule has 0 aliphatic heterocycles. The number of aromatic nitrogens is 1. The highest BCUT2D eigenvalue weighted by atomic mass is 16.6. The molecule has 0 radical (unpaired) electrons. The molecule has 0 spiro atoms. The molecule has 2 aromatic rings. The largest absolute Gasteiger partial charge is 0.375 e. The van der Waals surface area contributed by atoms with Gasteiger partial charge in [0.15, 0.2) is 0 Å². The summed E-state index contributed by atoms with van der Waals surface area (Å²) in [6.45, 7) is 4.42. The second-order valence-corrected chi connectivity index (χ2v) is 4.43. The van der Waals surface area contributed by atoms with Gasteiger partial charge >= 0.3 is 0 Å². The minimum atomic E-state index is -0.374. The number of pyridine rings is 1. The summed E-state index contributed by atoms with van der Waals surface area (Å²) in [6, 6.07) is 6.96. The van der Waals surface area contributed by atoms with Crippen LogP contribution in [0.1, 0.15) is 16.7 Å². The van der Waals surface area contributed by atoms with Crippen molar-refractivity contribution in [1.82, 2.24) is 4.98 Å². The third-order valence-corrected chi connectivity index (χ3v) is 2.95. The van der Waals surface area contributed by atoms with Gasteiger partial charge in [0.05, 0.1) is 4.92 Å². The van der Waals surface area contributed by atoms with Gasteiger partial charge < -0.3 is 5.32 Å². The number of nitro groups is 1. The fourth-order valence-corrected chi connectivity index (χ4v) is 1.84. The molecule has 5 heteroatoms. The lowest BCUT2D eigenvalue weighted by Gasteiger charge is -2.09. The van der Waals surface area contributed by atoms with E-state index in [9.17, 15) is 10.1 Å². The van der Waals surface area contributed by atoms with Crippen LogP contribution in [-0.2, 0) is 6.54 Å². The number of rotatable bonds is 4. The highest BCUT2D eigenvalue weighted by Crippen LogP contribution is 2.25. The van der Waals surface area contributed by atoms with E-state index in [0.29, 0.717) is 12.2 Å². The zero-order chi connectivity index (χ0) is 13.8. The molecule has 0 unspecified atom stereocenters. The van der Waals surface area contributed by atoms with Crippen LogP contribution in [0.15, 0.2) is 36.7 Å². The third-order valence-electron chi connectivity index (χ3n) is 2.95. The normalized spacial score (nSPS) is 10.2. The molecular formula is C14H15N3O2. The molecule has 0 fully saturated rings. The number of hydrogen-bond acceptors (Lipinski definition) is 4. The van der Waals surface area contributed by atoms with Gasteiger partial charge in [0, 0.05) is 25.0 Å². The molecule has 5 nitrogen and oxygen atoms in total. The minimum absolute atomic E-state index is 0.0947. The van der Waals surface area contributed by atoms with Crippen LogP contribution in [0.25, 0.3) is 0 Å². The van der Waals surface area contributed by atoms with Crippen molar-refractivity contribution in [2.45, 2.75) is 20.4 Å². The van der Waals surface area contributed by atoms with Gasteiger partial charge in [-0.05, 0) is 42.7 Å². The lowest BCUT2D eigenvalue weighted by Crippen LogP contribution is -2.04. The van der Waals surface area contributed by atoms with Crippen LogP contribution >= 0.6 is 0 Å². The minimum Gasteiger partial charge on any atom is -0.375 e. The molecular weight excluding hydrogens is 242 g/mol. The molecule has 98 valence electrons. The van der Waals surface area contributed by atoms with Crippen molar-refractivity contribution < 1.29 is 4.92 Å². The molecule has 1 heterocycles. The molecule has 0 aliphatic rings. The zero-order valence-corrected chi connectivity index (χ0v) is 10.9. The van der Waals surface area contributed by atoms with Crippen LogP contribution in [0.4, 0.5) is 11.4 Å². The molecule has 0 amide bonds. The summed E-state index contributed by atoms with van der Waals surface area (Å²) >= 11 is 0. The molecule has 1 N–H and O–H groups in total. The monoisotopic (exact) mass is 257 g/mol. The first-order chi connectivity index (χ1) is 9.08. The predicted octanol–water partition coefficient (Wildman–Crippen LogP) is 3.22. The van der Waals surface area contributed by atoms with Crippen LogP contribution in [0.3, 0.4) is 0 Å². The predicted molar refractivity (Wildman–Crippen MR) is 74.1 cm³/mol. The molecule has 19 heavy (non-hydrogen) atoms. The third kappa shape index (κ3) is 3.07. The van der Waals surface area contributed by atoms with Crippen LogP contribution in [0, 0.1) is 24.0 Å². The Hall–Kier alpha value is -2.43. The summed E-state index contributed by atoms with van der Waals surface area (Å²) in [4.78, 5) is 14.6. The Labute approximate surface area is 111 Å². The first-order valence-corrected chi connectivity index (χ1v) is 5.96. The average Bonchev–Trinajstić information content (AvgIpc) is 2.37. The van der Waals surface area contributed by atoms with E-state index in [1.807, 2.05) is 19.9 Å². The number of benzene rings is 1. The fraction of sp³-hybridized carbons (Fsp3) is 0.214. The van der Waals surface area contributed by atoms with E-state index in [1.54, 1.807) is 24.5 Å². The van der Waals surface area contributed by atoms with Gasteiger partial charge in [-0.1, -0.05) is 6.07 Å². The first kappa shape index (κ1) is 13.0. The zero-order valence-electron chi connectivity index (χ0n) is 10.9. The summed E-state index contributed by atoms with van der Waals surface area (Å²) in [6.07, 6.45) is 3.50. The summed E-state index contributed by atoms with van der Waals surface area (Å²) in [5.41, 5.74) is 3.76. The molecule has 2 rings (SSSR count). The number of nitrogens with zero attached hydrogens (tertiary/aromatic N) is 2. The maximum absolute atomic E-state index is 11.0. The van der Waals surface area contributed by atoms with E-state index in [-0.39, 0.29) is 10.6 Å². The topological polar surface area (TPSA) is 68.1 Å². The van der Waals surface area contributed by atoms with Gasteiger partial charge in [0.25, 0.3) is 5.69 Å². The van der Waals surface area contributed by atoms with Crippen molar-refractivity contribution in [3.8, 4) is 0 Å². The Morgan fingerprint density at radius 2 is 2.11 bits per heavy atom. The van der Waals surface area contributed by atoms with Gasteiger partial charge in [-0.2, -0.15) is 0 Å². The molecule has 0 saturated carbocycles. The number of nitrogens with one attached hydrogen (secondary N) is 1. The SMILES string of the molecule is Cc1ccc([N+](=O)[O-])c(NCc2ccncc2C)c1. The molecule has 0 bridgehead atoms. The molecule has 0 aliphatic carbocycles. The summed E-state index contributed by atoms with van der Waals surface area (Å²) in [5, 5.41) is 14.1. The van der Waals surface area contributed by atoms with E-state index in [0.717, 1.165) is 16.7 Å². The van der Waals surface area contributed by atoms with E-state index >= 15 is 0 Å². The summed E-state index contributed by atoms with van der Waals surface area (Å²) in [7, 11) is 0. The molecule has 0 atom stereocenters. The molecule has 1 aromatic heterocycles. The van der Waals surface area contributed by atoms with Crippen molar-refractivity contribution in [3.05, 3.63) is 63.5 Å². The smallest absolute Gasteiger partial charge is 0.292 e. The van der Waals surface area contributed by atoms with Crippen molar-refractivity contribution in [1.29, 1.82) is 0 Å². The maximum atomic E-state index is 11.0. The van der Waals surface area contributed by atoms with Crippen molar-refractivity contribution in [3.63, 3.8) is 0 Å². The Balaban J connectivity index is 2.22. The Bertz CT molecular complexity index is 611. The number of aryl methyl sites for hydroxylation is 2. The number of anilines is 1. The van der Waals surface area contributed by atoms with Crippen LogP contribution in [0.2, 0.25) is 0 Å². The van der Waals surface area contributed by atoms with E-state index in [4.69, 9.17) is 0 Å². The van der Waals surface area contributed by atoms with E-state index in [1.165, 1.54) is 6.07 Å². The van der Waals surface area contributed by atoms with Gasteiger partial charge in [-0.3, -0.25) is 15.1 Å². The van der Waals surface area contributed by atoms with Gasteiger partial charge in [0.1, 0.15) is 5.69 Å². The van der Waals surface area contributed by atoms with Crippen LogP contribution in [0.5, 0.6) is 0 Å². The lowest BCUT2D eigenvalue weighted by atomic mass is 10.1. The standard InChI is InChI=1S/C14H15N3O2/c1-10-3-4-14(17(18)19)13(7-10)16-9-12-5-6-15-8-11(12)2/h3-8,16H,9H2,1-2H3. The maximum Gasteiger partial charge on any atom is 0.292 e. The van der Waals surface area contributed by atoms with Crippen molar-refractivity contribution in [2.75, 3.05) is 5.32 Å². The van der Waals surface area contributed by atoms with E-state index < -0.39 is 0 Å². The average molecular weight is 257 g/mol. The number of hydrogen-bond donors (Lipinski definition) is 1. The van der Waals surface area contributed by atoms with Crippen molar-refractivity contribution >= 4 is 11.4 Å². The number of nitro benzene ring substituents is 1. The van der Waals surface area contributed by atoms with Crippen LogP contribution < -0.4 is 5.32 Å². The first-order valence-electron chi connectivity index (χ1n) is 5.96. The summed E-state index contributed by atoms with van der Waals surface area (Å²) < 4.78 is 0.